The van der Waals surface area contributed by atoms with Gasteiger partial charge in [-0.15, -0.1) is 11.8 Å². The molecular weight excluding hydrogens is 345 g/mol. The third-order valence-corrected chi connectivity index (χ3v) is 5.58. The van der Waals surface area contributed by atoms with Gasteiger partial charge in [0.15, 0.2) is 0 Å². The summed E-state index contributed by atoms with van der Waals surface area (Å²) in [7, 11) is 0. The van der Waals surface area contributed by atoms with E-state index in [0.717, 1.165) is 26.3 Å². The van der Waals surface area contributed by atoms with E-state index in [1.54, 1.807) is 12.1 Å². The molecule has 2 bridgehead atoms. The van der Waals surface area contributed by atoms with Crippen LogP contribution in [0.1, 0.15) is 5.89 Å². The van der Waals surface area contributed by atoms with Gasteiger partial charge in [0, 0.05) is 10.5 Å². The maximum atomic E-state index is 13.9. The lowest BCUT2D eigenvalue weighted by Crippen LogP contribution is -2.92. The molecular formula is C17H21FN3O3S+. The Labute approximate surface area is 149 Å². The third-order valence-electron chi connectivity index (χ3n) is 4.81. The van der Waals surface area contributed by atoms with E-state index in [0.29, 0.717) is 34.0 Å². The molecule has 8 heteroatoms. The van der Waals surface area contributed by atoms with Crippen LogP contribution in [0.2, 0.25) is 0 Å². The number of quaternary nitrogens is 1. The molecule has 3 heterocycles. The van der Waals surface area contributed by atoms with E-state index in [1.807, 2.05) is 6.26 Å². The van der Waals surface area contributed by atoms with Crippen LogP contribution in [0.25, 0.3) is 11.4 Å². The van der Waals surface area contributed by atoms with Gasteiger partial charge in [-0.3, -0.25) is 0 Å². The van der Waals surface area contributed by atoms with Gasteiger partial charge in [-0.1, -0.05) is 5.16 Å². The molecule has 0 amide bonds. The fraction of sp³-hybridized carbons (Fsp3) is 0.529. The lowest BCUT2D eigenvalue weighted by Gasteiger charge is -2.39. The number of hydrogen-bond donors (Lipinski definition) is 1. The number of thioether (sulfide) groups is 1. The molecule has 2 aliphatic heterocycles. The van der Waals surface area contributed by atoms with E-state index >= 15 is 0 Å². The van der Waals surface area contributed by atoms with E-state index in [-0.39, 0.29) is 18.5 Å². The quantitative estimate of drug-likeness (QED) is 0.805. The molecule has 25 heavy (non-hydrogen) atoms. The zero-order valence-electron chi connectivity index (χ0n) is 14.0. The number of fused-ring (bicyclic) bond motifs is 2. The summed E-state index contributed by atoms with van der Waals surface area (Å²) in [5.41, 5.74) is 0.600. The van der Waals surface area contributed by atoms with Gasteiger partial charge < -0.3 is 19.3 Å². The molecule has 2 fully saturated rings. The SMILES string of the molecule is CSc1ccc(-c2noc(COC3C4C[NH2+]CC3COC4)n2)cc1F. The molecule has 2 unspecified atom stereocenters. The first kappa shape index (κ1) is 17.0. The van der Waals surface area contributed by atoms with Gasteiger partial charge in [-0.25, -0.2) is 4.39 Å². The summed E-state index contributed by atoms with van der Waals surface area (Å²) in [6.07, 6.45) is 2.01. The average molecular weight is 366 g/mol. The van der Waals surface area contributed by atoms with Crippen LogP contribution >= 0.6 is 11.8 Å². The summed E-state index contributed by atoms with van der Waals surface area (Å²) in [4.78, 5) is 4.94. The number of nitrogens with zero attached hydrogens (tertiary/aromatic N) is 2. The fourth-order valence-electron chi connectivity index (χ4n) is 3.55. The third kappa shape index (κ3) is 3.57. The monoisotopic (exact) mass is 366 g/mol. The van der Waals surface area contributed by atoms with E-state index in [1.165, 1.54) is 17.8 Å². The number of hydrogen-bond acceptors (Lipinski definition) is 6. The number of halogens is 1. The summed E-state index contributed by atoms with van der Waals surface area (Å²) < 4.78 is 30.9. The van der Waals surface area contributed by atoms with E-state index in [2.05, 4.69) is 15.5 Å². The van der Waals surface area contributed by atoms with Gasteiger partial charge >= 0.3 is 0 Å². The van der Waals surface area contributed by atoms with Crippen LogP contribution in [0.3, 0.4) is 0 Å². The molecule has 2 saturated heterocycles. The first-order chi connectivity index (χ1) is 12.2. The van der Waals surface area contributed by atoms with E-state index in [9.17, 15) is 4.39 Å². The van der Waals surface area contributed by atoms with Gasteiger partial charge in [0.05, 0.1) is 44.2 Å². The first-order valence-corrected chi connectivity index (χ1v) is 9.64. The Morgan fingerprint density at radius 2 is 2.12 bits per heavy atom. The van der Waals surface area contributed by atoms with Crippen LogP contribution < -0.4 is 5.32 Å². The molecule has 0 radical (unpaired) electrons. The molecule has 1 aromatic heterocycles. The first-order valence-electron chi connectivity index (χ1n) is 8.42. The smallest absolute Gasteiger partial charge is 0.252 e. The van der Waals surface area contributed by atoms with Gasteiger partial charge in [-0.05, 0) is 24.5 Å². The van der Waals surface area contributed by atoms with E-state index < -0.39 is 0 Å². The summed E-state index contributed by atoms with van der Waals surface area (Å²) in [6.45, 7) is 3.81. The van der Waals surface area contributed by atoms with Crippen LogP contribution in [0, 0.1) is 17.7 Å². The zero-order chi connectivity index (χ0) is 17.2. The zero-order valence-corrected chi connectivity index (χ0v) is 14.8. The van der Waals surface area contributed by atoms with Crippen LogP contribution in [-0.2, 0) is 16.1 Å². The second kappa shape index (κ2) is 7.41. The van der Waals surface area contributed by atoms with Crippen LogP contribution in [0.4, 0.5) is 4.39 Å². The summed E-state index contributed by atoms with van der Waals surface area (Å²) in [6, 6.07) is 4.95. The topological polar surface area (TPSA) is 74.0 Å². The predicted molar refractivity (Wildman–Crippen MR) is 89.5 cm³/mol. The highest BCUT2D eigenvalue weighted by Gasteiger charge is 2.40. The molecule has 0 aliphatic carbocycles. The molecule has 0 saturated carbocycles. The predicted octanol–water partition coefficient (Wildman–Crippen LogP) is 1.32. The lowest BCUT2D eigenvalue weighted by molar-refractivity contribution is -0.684. The van der Waals surface area contributed by atoms with Crippen molar-refractivity contribution in [1.82, 2.24) is 10.1 Å². The summed E-state index contributed by atoms with van der Waals surface area (Å²) >= 11 is 1.36. The Kier molecular flexibility index (Phi) is 5.03. The van der Waals surface area contributed by atoms with Gasteiger partial charge in [-0.2, -0.15) is 4.98 Å². The Balaban J connectivity index is 1.42. The molecule has 4 rings (SSSR count). The van der Waals surface area contributed by atoms with Crippen molar-refractivity contribution < 1.29 is 23.7 Å². The number of nitrogens with two attached hydrogens (primary N) is 1. The van der Waals surface area contributed by atoms with Gasteiger partial charge in [0.25, 0.3) is 5.89 Å². The minimum Gasteiger partial charge on any atom is -0.380 e. The standard InChI is InChI=1S/C17H20FN3O3S/c1-25-14-3-2-10(4-13(14)18)17-20-15(24-21-17)9-23-16-11-5-19-6-12(16)8-22-7-11/h2-4,11-12,16,19H,5-9H2,1H3/p+1. The Morgan fingerprint density at radius 3 is 2.84 bits per heavy atom. The molecule has 1 aromatic carbocycles. The average Bonchev–Trinajstić information content (AvgIpc) is 3.08. The van der Waals surface area contributed by atoms with Crippen molar-refractivity contribution in [2.75, 3.05) is 32.6 Å². The number of benzene rings is 1. The number of ether oxygens (including phenoxy) is 2. The minimum absolute atomic E-state index is 0.174. The fourth-order valence-corrected chi connectivity index (χ4v) is 4.01. The van der Waals surface area contributed by atoms with Crippen LogP contribution in [0.5, 0.6) is 0 Å². The number of piperidine rings is 1. The number of rotatable bonds is 5. The lowest BCUT2D eigenvalue weighted by atomic mass is 9.86. The van der Waals surface area contributed by atoms with Crippen molar-refractivity contribution in [3.8, 4) is 11.4 Å². The van der Waals surface area contributed by atoms with Gasteiger partial charge in [0.1, 0.15) is 12.4 Å². The van der Waals surface area contributed by atoms with E-state index in [4.69, 9.17) is 14.0 Å². The largest absolute Gasteiger partial charge is 0.380 e. The van der Waals surface area contributed by atoms with Crippen molar-refractivity contribution in [3.63, 3.8) is 0 Å². The Morgan fingerprint density at radius 1 is 1.32 bits per heavy atom. The molecule has 2 atom stereocenters. The highest BCUT2D eigenvalue weighted by molar-refractivity contribution is 7.98. The molecule has 2 aromatic rings. The van der Waals surface area contributed by atoms with Crippen molar-refractivity contribution in [2.45, 2.75) is 17.6 Å². The molecule has 6 nitrogen and oxygen atoms in total. The van der Waals surface area contributed by atoms with Crippen LogP contribution in [-0.4, -0.2) is 48.8 Å². The van der Waals surface area contributed by atoms with Crippen molar-refractivity contribution in [1.29, 1.82) is 0 Å². The Hall–Kier alpha value is -1.48. The molecule has 134 valence electrons. The molecule has 0 spiro atoms. The maximum Gasteiger partial charge on any atom is 0.252 e. The Bertz CT molecular complexity index is 720. The highest BCUT2D eigenvalue weighted by atomic mass is 32.2. The molecule has 2 aliphatic rings. The highest BCUT2D eigenvalue weighted by Crippen LogP contribution is 2.26. The summed E-state index contributed by atoms with van der Waals surface area (Å²) in [5, 5.41) is 6.28. The normalized spacial score (nSPS) is 25.9. The minimum atomic E-state index is -0.279. The molecule has 2 N–H and O–H groups in total. The van der Waals surface area contributed by atoms with Gasteiger partial charge in [0.2, 0.25) is 5.82 Å². The van der Waals surface area contributed by atoms with Crippen LogP contribution in [0.15, 0.2) is 27.6 Å². The second-order valence-electron chi connectivity index (χ2n) is 6.45. The maximum absolute atomic E-state index is 13.9. The number of aromatic nitrogens is 2. The second-order valence-corrected chi connectivity index (χ2v) is 7.30. The van der Waals surface area contributed by atoms with Crippen molar-refractivity contribution in [3.05, 3.63) is 29.9 Å². The van der Waals surface area contributed by atoms with Crippen molar-refractivity contribution >= 4 is 11.8 Å². The van der Waals surface area contributed by atoms with Crippen molar-refractivity contribution in [2.24, 2.45) is 11.8 Å². The summed E-state index contributed by atoms with van der Waals surface area (Å²) in [5.74, 6) is 1.33.